The Hall–Kier alpha value is -1.14. The van der Waals surface area contributed by atoms with Crippen molar-refractivity contribution in [3.05, 3.63) is 34.9 Å². The molecule has 1 amide bonds. The lowest BCUT2D eigenvalue weighted by Crippen LogP contribution is -2.52. The number of halogens is 1. The first-order valence-electron chi connectivity index (χ1n) is 7.79. The number of aliphatic hydroxyl groups excluding tert-OH is 1. The number of amides is 1. The third kappa shape index (κ3) is 3.79. The molecule has 22 heavy (non-hydrogen) atoms. The quantitative estimate of drug-likeness (QED) is 0.860. The van der Waals surface area contributed by atoms with E-state index in [2.05, 4.69) is 16.3 Å². The Balaban J connectivity index is 1.49. The van der Waals surface area contributed by atoms with E-state index in [0.29, 0.717) is 13.0 Å². The number of rotatable bonds is 3. The van der Waals surface area contributed by atoms with Gasteiger partial charge in [0.15, 0.2) is 0 Å². The van der Waals surface area contributed by atoms with Crippen molar-refractivity contribution >= 4 is 17.5 Å². The van der Waals surface area contributed by atoms with E-state index in [1.165, 1.54) is 5.56 Å². The van der Waals surface area contributed by atoms with E-state index in [0.717, 1.165) is 37.7 Å². The predicted octanol–water partition coefficient (Wildman–Crippen LogP) is 0.707. The van der Waals surface area contributed by atoms with Crippen LogP contribution in [0.2, 0.25) is 5.02 Å². The molecule has 2 N–H and O–H groups in total. The standard InChI is InChI=1S/C16H22ClN3O2/c17-13-3-1-2-12(8-13)11-19-4-6-20(7-5-19)16(22)15-9-14(21)10-18-15/h1-3,8,14-15,18,21H,4-7,9-11H2. The lowest BCUT2D eigenvalue weighted by atomic mass is 10.1. The van der Waals surface area contributed by atoms with Crippen molar-refractivity contribution in [3.63, 3.8) is 0 Å². The molecular formula is C16H22ClN3O2. The van der Waals surface area contributed by atoms with E-state index in [-0.39, 0.29) is 11.9 Å². The van der Waals surface area contributed by atoms with Crippen LogP contribution in [0.5, 0.6) is 0 Å². The minimum atomic E-state index is -0.391. The largest absolute Gasteiger partial charge is 0.392 e. The van der Waals surface area contributed by atoms with E-state index in [1.54, 1.807) is 0 Å². The molecular weight excluding hydrogens is 302 g/mol. The van der Waals surface area contributed by atoms with Gasteiger partial charge in [0.1, 0.15) is 0 Å². The van der Waals surface area contributed by atoms with E-state index in [4.69, 9.17) is 11.6 Å². The van der Waals surface area contributed by atoms with E-state index < -0.39 is 6.10 Å². The minimum Gasteiger partial charge on any atom is -0.392 e. The van der Waals surface area contributed by atoms with Crippen molar-refractivity contribution in [2.24, 2.45) is 0 Å². The van der Waals surface area contributed by atoms with E-state index in [1.807, 2.05) is 23.1 Å². The maximum absolute atomic E-state index is 12.4. The molecule has 0 aliphatic carbocycles. The lowest BCUT2D eigenvalue weighted by molar-refractivity contribution is -0.135. The number of aliphatic hydroxyl groups is 1. The number of nitrogens with zero attached hydrogens (tertiary/aromatic N) is 2. The zero-order valence-corrected chi connectivity index (χ0v) is 13.3. The summed E-state index contributed by atoms with van der Waals surface area (Å²) in [7, 11) is 0. The molecule has 1 aromatic rings. The Labute approximate surface area is 135 Å². The lowest BCUT2D eigenvalue weighted by Gasteiger charge is -2.36. The fourth-order valence-electron chi connectivity index (χ4n) is 3.15. The number of piperazine rings is 1. The van der Waals surface area contributed by atoms with Gasteiger partial charge < -0.3 is 15.3 Å². The molecule has 2 aliphatic rings. The van der Waals surface area contributed by atoms with Gasteiger partial charge in [-0.25, -0.2) is 0 Å². The number of hydrogen-bond acceptors (Lipinski definition) is 4. The first kappa shape index (κ1) is 15.7. The molecule has 0 spiro atoms. The number of β-amino-alcohol motifs (C(OH)–C–C–N with tert-alkyl or cyclic N) is 1. The first-order valence-corrected chi connectivity index (χ1v) is 8.16. The van der Waals surface area contributed by atoms with Crippen molar-refractivity contribution in [2.75, 3.05) is 32.7 Å². The third-order valence-corrected chi connectivity index (χ3v) is 4.62. The average molecular weight is 324 g/mol. The summed E-state index contributed by atoms with van der Waals surface area (Å²) >= 11 is 6.01. The minimum absolute atomic E-state index is 0.124. The average Bonchev–Trinajstić information content (AvgIpc) is 2.94. The van der Waals surface area contributed by atoms with Gasteiger partial charge in [-0.05, 0) is 24.1 Å². The van der Waals surface area contributed by atoms with Gasteiger partial charge in [0.2, 0.25) is 5.91 Å². The topological polar surface area (TPSA) is 55.8 Å². The smallest absolute Gasteiger partial charge is 0.239 e. The van der Waals surface area contributed by atoms with Crippen LogP contribution in [0, 0.1) is 0 Å². The maximum atomic E-state index is 12.4. The summed E-state index contributed by atoms with van der Waals surface area (Å²) in [5.41, 5.74) is 1.20. The second kappa shape index (κ2) is 6.96. The Bertz CT molecular complexity index is 532. The van der Waals surface area contributed by atoms with Crippen LogP contribution in [0.3, 0.4) is 0 Å². The molecule has 120 valence electrons. The normalized spacial score (nSPS) is 26.4. The third-order valence-electron chi connectivity index (χ3n) is 4.38. The van der Waals surface area contributed by atoms with Crippen LogP contribution in [0.4, 0.5) is 0 Å². The van der Waals surface area contributed by atoms with Crippen molar-refractivity contribution in [1.29, 1.82) is 0 Å². The summed E-state index contributed by atoms with van der Waals surface area (Å²) in [6.45, 7) is 4.61. The van der Waals surface area contributed by atoms with Gasteiger partial charge >= 0.3 is 0 Å². The summed E-state index contributed by atoms with van der Waals surface area (Å²) in [4.78, 5) is 16.6. The highest BCUT2D eigenvalue weighted by Crippen LogP contribution is 2.15. The van der Waals surface area contributed by atoms with Gasteiger partial charge in [-0.1, -0.05) is 23.7 Å². The van der Waals surface area contributed by atoms with E-state index in [9.17, 15) is 9.90 Å². The Kier molecular flexibility index (Phi) is 4.98. The second-order valence-electron chi connectivity index (χ2n) is 6.08. The van der Waals surface area contributed by atoms with Gasteiger partial charge in [-0.2, -0.15) is 0 Å². The summed E-state index contributed by atoms with van der Waals surface area (Å²) in [6, 6.07) is 7.70. The van der Waals surface area contributed by atoms with Gasteiger partial charge in [-0.3, -0.25) is 9.69 Å². The highest BCUT2D eigenvalue weighted by atomic mass is 35.5. The molecule has 2 aliphatic heterocycles. The Morgan fingerprint density at radius 2 is 2.09 bits per heavy atom. The van der Waals surface area contributed by atoms with Crippen LogP contribution >= 0.6 is 11.6 Å². The molecule has 6 heteroatoms. The molecule has 1 aromatic carbocycles. The number of hydrogen-bond donors (Lipinski definition) is 2. The second-order valence-corrected chi connectivity index (χ2v) is 6.52. The van der Waals surface area contributed by atoms with Gasteiger partial charge in [-0.15, -0.1) is 0 Å². The van der Waals surface area contributed by atoms with Crippen LogP contribution in [0.15, 0.2) is 24.3 Å². The van der Waals surface area contributed by atoms with Crippen LogP contribution in [0.25, 0.3) is 0 Å². The van der Waals surface area contributed by atoms with Crippen molar-refractivity contribution in [1.82, 2.24) is 15.1 Å². The molecule has 2 fully saturated rings. The predicted molar refractivity (Wildman–Crippen MR) is 85.7 cm³/mol. The van der Waals surface area contributed by atoms with Crippen LogP contribution < -0.4 is 5.32 Å². The first-order chi connectivity index (χ1) is 10.6. The van der Waals surface area contributed by atoms with E-state index >= 15 is 0 Å². The van der Waals surface area contributed by atoms with Crippen LogP contribution in [-0.4, -0.2) is 65.7 Å². The zero-order valence-electron chi connectivity index (χ0n) is 12.5. The van der Waals surface area contributed by atoms with Gasteiger partial charge in [0.25, 0.3) is 0 Å². The fraction of sp³-hybridized carbons (Fsp3) is 0.562. The molecule has 2 unspecified atom stereocenters. The Morgan fingerprint density at radius 1 is 1.32 bits per heavy atom. The number of carbonyl (C=O) groups excluding carboxylic acids is 1. The SMILES string of the molecule is O=C(C1CC(O)CN1)N1CCN(Cc2cccc(Cl)c2)CC1. The number of benzene rings is 1. The van der Waals surface area contributed by atoms with Crippen molar-refractivity contribution in [3.8, 4) is 0 Å². The zero-order chi connectivity index (χ0) is 15.5. The van der Waals surface area contributed by atoms with Crippen molar-refractivity contribution in [2.45, 2.75) is 25.1 Å². The summed E-state index contributed by atoms with van der Waals surface area (Å²) in [5.74, 6) is 0.124. The summed E-state index contributed by atoms with van der Waals surface area (Å²) < 4.78 is 0. The molecule has 0 radical (unpaired) electrons. The number of nitrogens with one attached hydrogen (secondary N) is 1. The highest BCUT2D eigenvalue weighted by Gasteiger charge is 2.32. The molecule has 0 saturated carbocycles. The maximum Gasteiger partial charge on any atom is 0.239 e. The highest BCUT2D eigenvalue weighted by molar-refractivity contribution is 6.30. The Morgan fingerprint density at radius 3 is 2.73 bits per heavy atom. The monoisotopic (exact) mass is 323 g/mol. The van der Waals surface area contributed by atoms with Gasteiger partial charge in [0.05, 0.1) is 12.1 Å². The molecule has 2 saturated heterocycles. The van der Waals surface area contributed by atoms with Crippen LogP contribution in [0.1, 0.15) is 12.0 Å². The summed E-state index contributed by atoms with van der Waals surface area (Å²) in [5, 5.41) is 13.4. The molecule has 2 heterocycles. The van der Waals surface area contributed by atoms with Gasteiger partial charge in [0, 0.05) is 44.3 Å². The van der Waals surface area contributed by atoms with Crippen LogP contribution in [-0.2, 0) is 11.3 Å². The number of carbonyl (C=O) groups is 1. The van der Waals surface area contributed by atoms with Crippen molar-refractivity contribution < 1.29 is 9.90 Å². The fourth-order valence-corrected chi connectivity index (χ4v) is 3.36. The molecule has 5 nitrogen and oxygen atoms in total. The summed E-state index contributed by atoms with van der Waals surface area (Å²) in [6.07, 6.45) is 0.139. The molecule has 0 bridgehead atoms. The molecule has 2 atom stereocenters. The molecule has 0 aromatic heterocycles. The molecule has 3 rings (SSSR count).